The molecule has 0 saturated carbocycles. The van der Waals surface area contributed by atoms with Crippen LogP contribution < -0.4 is 16.3 Å². The number of hydrogen-bond donors (Lipinski definition) is 3. The zero-order valence-electron chi connectivity index (χ0n) is 28.0. The number of nitrogens with two attached hydrogens (primary N) is 2. The van der Waals surface area contributed by atoms with Crippen molar-refractivity contribution in [3.63, 3.8) is 0 Å². The Kier molecular flexibility index (Phi) is 14.7. The number of fused-ring (bicyclic) bond motifs is 1. The molecule has 268 valence electrons. The number of halogens is 7. The van der Waals surface area contributed by atoms with Gasteiger partial charge in [-0.2, -0.15) is 24.9 Å². The van der Waals surface area contributed by atoms with Crippen LogP contribution in [0.4, 0.5) is 30.7 Å². The lowest BCUT2D eigenvalue weighted by Crippen LogP contribution is -2.42. The summed E-state index contributed by atoms with van der Waals surface area (Å²) >= 11 is 1.75. The standard InChI is InChI=1S/C30H28F7N5O2.C2H6S.C2H6/c1-29(2,43)19-13-21(41-26(23(19)32)15-6-8-18(31)9-7-15)20(30(35,36)37)14-42(39)27(28(33)34)24(38)17-11-16-5-4-10-40-25(16)22(12-17)44-3;1-3-2;1-2/h4-13,20,28,43H,14,38-39H2,1-3H3;1-2H3;1-2H3/b27-24-;;. The third-order valence-corrected chi connectivity index (χ3v) is 6.88. The van der Waals surface area contributed by atoms with Crippen LogP contribution in [0.25, 0.3) is 27.9 Å². The SMILES string of the molecule is CC.COc1cc(/C(N)=C(\C(F)F)N(N)CC(c2cc(C(C)(C)O)c(F)c(-c3ccc(F)cc3)n2)C(F)(F)F)cc2cccnc12.CSC. The molecule has 4 rings (SSSR count). The number of allylic oxidation sites excluding steroid dienone is 1. The Morgan fingerprint density at radius 1 is 1.02 bits per heavy atom. The molecule has 0 amide bonds. The quantitative estimate of drug-likeness (QED) is 0.0904. The van der Waals surface area contributed by atoms with E-state index in [0.717, 1.165) is 38.1 Å². The summed E-state index contributed by atoms with van der Waals surface area (Å²) in [5, 5.41) is 11.2. The minimum Gasteiger partial charge on any atom is -0.494 e. The molecule has 0 aliphatic heterocycles. The topological polar surface area (TPSA) is 111 Å². The van der Waals surface area contributed by atoms with Crippen LogP contribution in [-0.2, 0) is 5.60 Å². The zero-order chi connectivity index (χ0) is 37.3. The van der Waals surface area contributed by atoms with E-state index in [1.54, 1.807) is 23.9 Å². The van der Waals surface area contributed by atoms with E-state index in [1.807, 2.05) is 26.4 Å². The van der Waals surface area contributed by atoms with Crippen molar-refractivity contribution in [1.82, 2.24) is 15.0 Å². The Bertz CT molecular complexity index is 1710. The maximum atomic E-state index is 15.5. The summed E-state index contributed by atoms with van der Waals surface area (Å²) in [4.78, 5) is 8.03. The van der Waals surface area contributed by atoms with Crippen molar-refractivity contribution < 1.29 is 40.6 Å². The minimum atomic E-state index is -5.14. The first-order valence-electron chi connectivity index (χ1n) is 14.8. The molecule has 0 saturated heterocycles. The summed E-state index contributed by atoms with van der Waals surface area (Å²) in [7, 11) is 1.32. The van der Waals surface area contributed by atoms with Crippen molar-refractivity contribution in [3.8, 4) is 17.0 Å². The second kappa shape index (κ2) is 17.5. The molecule has 1 atom stereocenters. The fraction of sp³-hybridized carbons (Fsp3) is 0.353. The van der Waals surface area contributed by atoms with Gasteiger partial charge in [-0.3, -0.25) is 4.98 Å². The van der Waals surface area contributed by atoms with Crippen molar-refractivity contribution in [2.24, 2.45) is 11.6 Å². The average molecular weight is 716 g/mol. The predicted molar refractivity (Wildman–Crippen MR) is 181 cm³/mol. The van der Waals surface area contributed by atoms with Gasteiger partial charge in [0.1, 0.15) is 34.4 Å². The number of hydrazine groups is 1. The molecule has 0 aliphatic carbocycles. The van der Waals surface area contributed by atoms with Crippen molar-refractivity contribution in [3.05, 3.63) is 94.9 Å². The highest BCUT2D eigenvalue weighted by Crippen LogP contribution is 2.40. The predicted octanol–water partition coefficient (Wildman–Crippen LogP) is 8.23. The lowest BCUT2D eigenvalue weighted by Gasteiger charge is -2.30. The van der Waals surface area contributed by atoms with Crippen LogP contribution in [0.3, 0.4) is 0 Å². The molecule has 0 radical (unpaired) electrons. The molecule has 2 heterocycles. The second-order valence-corrected chi connectivity index (χ2v) is 11.6. The van der Waals surface area contributed by atoms with Crippen LogP contribution in [0, 0.1) is 11.6 Å². The highest BCUT2D eigenvalue weighted by molar-refractivity contribution is 7.97. The number of aromatic nitrogens is 2. The van der Waals surface area contributed by atoms with Crippen LogP contribution in [0.15, 0.2) is 66.5 Å². The summed E-state index contributed by atoms with van der Waals surface area (Å²) < 4.78 is 107. The fourth-order valence-electron chi connectivity index (χ4n) is 4.65. The number of benzene rings is 2. The first-order valence-corrected chi connectivity index (χ1v) is 16.5. The van der Waals surface area contributed by atoms with E-state index in [-0.39, 0.29) is 21.9 Å². The lowest BCUT2D eigenvalue weighted by atomic mass is 9.92. The summed E-state index contributed by atoms with van der Waals surface area (Å²) in [6.45, 7) is 4.98. The zero-order valence-corrected chi connectivity index (χ0v) is 28.9. The third-order valence-electron chi connectivity index (χ3n) is 6.88. The number of hydrogen-bond acceptors (Lipinski definition) is 8. The highest BCUT2D eigenvalue weighted by atomic mass is 32.2. The third kappa shape index (κ3) is 10.2. The molecule has 0 spiro atoms. The van der Waals surface area contributed by atoms with E-state index in [9.17, 15) is 31.4 Å². The summed E-state index contributed by atoms with van der Waals surface area (Å²) in [5.41, 5.74) is 0.665. The maximum absolute atomic E-state index is 15.5. The van der Waals surface area contributed by atoms with Gasteiger partial charge in [-0.1, -0.05) is 19.9 Å². The monoisotopic (exact) mass is 715 g/mol. The van der Waals surface area contributed by atoms with Gasteiger partial charge in [0, 0.05) is 28.3 Å². The second-order valence-electron chi connectivity index (χ2n) is 10.8. The summed E-state index contributed by atoms with van der Waals surface area (Å²) in [6, 6.07) is 10.7. The molecule has 49 heavy (non-hydrogen) atoms. The Balaban J connectivity index is 0.00000158. The lowest BCUT2D eigenvalue weighted by molar-refractivity contribution is -0.155. The van der Waals surface area contributed by atoms with Gasteiger partial charge >= 0.3 is 6.18 Å². The van der Waals surface area contributed by atoms with Crippen LogP contribution in [-0.4, -0.2) is 58.9 Å². The van der Waals surface area contributed by atoms with Crippen molar-refractivity contribution >= 4 is 28.4 Å². The normalized spacial score (nSPS) is 12.8. The molecular weight excluding hydrogens is 675 g/mol. The van der Waals surface area contributed by atoms with E-state index >= 15 is 4.39 Å². The van der Waals surface area contributed by atoms with Crippen molar-refractivity contribution in [2.75, 3.05) is 26.2 Å². The molecule has 0 bridgehead atoms. The maximum Gasteiger partial charge on any atom is 0.399 e. The number of ether oxygens (including phenoxy) is 1. The Hall–Kier alpha value is -4.08. The molecule has 4 aromatic rings. The first kappa shape index (κ1) is 41.1. The molecule has 1 unspecified atom stereocenters. The molecule has 0 aliphatic rings. The van der Waals surface area contributed by atoms with Gasteiger partial charge in [-0.15, -0.1) is 0 Å². The Morgan fingerprint density at radius 3 is 2.12 bits per heavy atom. The number of aliphatic hydroxyl groups is 1. The molecule has 2 aromatic heterocycles. The van der Waals surface area contributed by atoms with Gasteiger partial charge in [0.05, 0.1) is 30.6 Å². The number of nitrogens with zero attached hydrogens (tertiary/aromatic N) is 3. The number of thioether (sulfide) groups is 1. The summed E-state index contributed by atoms with van der Waals surface area (Å²) in [6.07, 6.45) is -2.99. The van der Waals surface area contributed by atoms with E-state index in [4.69, 9.17) is 16.3 Å². The molecule has 2 aromatic carbocycles. The van der Waals surface area contributed by atoms with Gasteiger partial charge in [0.2, 0.25) is 0 Å². The van der Waals surface area contributed by atoms with Gasteiger partial charge in [0.25, 0.3) is 6.43 Å². The van der Waals surface area contributed by atoms with E-state index in [1.165, 1.54) is 25.4 Å². The van der Waals surface area contributed by atoms with Gasteiger partial charge in [-0.05, 0) is 74.9 Å². The smallest absolute Gasteiger partial charge is 0.399 e. The van der Waals surface area contributed by atoms with Gasteiger partial charge < -0.3 is 20.6 Å². The van der Waals surface area contributed by atoms with Gasteiger partial charge in [0.15, 0.2) is 5.82 Å². The Morgan fingerprint density at radius 2 is 1.61 bits per heavy atom. The first-order chi connectivity index (χ1) is 22.9. The van der Waals surface area contributed by atoms with Gasteiger partial charge in [-0.25, -0.2) is 28.4 Å². The van der Waals surface area contributed by atoms with E-state index in [2.05, 4.69) is 9.97 Å². The number of pyridine rings is 2. The summed E-state index contributed by atoms with van der Waals surface area (Å²) in [5.74, 6) is 1.55. The molecule has 0 fully saturated rings. The van der Waals surface area contributed by atoms with Crippen molar-refractivity contribution in [2.45, 2.75) is 51.8 Å². The Labute approximate surface area is 285 Å². The average Bonchev–Trinajstić information content (AvgIpc) is 3.04. The van der Waals surface area contributed by atoms with Crippen LogP contribution in [0.2, 0.25) is 0 Å². The number of rotatable bonds is 9. The van der Waals surface area contributed by atoms with E-state index in [0.29, 0.717) is 17.0 Å². The van der Waals surface area contributed by atoms with Crippen LogP contribution >= 0.6 is 11.8 Å². The number of methoxy groups -OCH3 is 1. The molecular formula is C34H40F7N5O2S. The number of alkyl halides is 5. The molecule has 7 nitrogen and oxygen atoms in total. The van der Waals surface area contributed by atoms with Crippen molar-refractivity contribution in [1.29, 1.82) is 0 Å². The fourth-order valence-corrected chi connectivity index (χ4v) is 4.65. The van der Waals surface area contributed by atoms with Crippen LogP contribution in [0.1, 0.15) is 50.4 Å². The minimum absolute atomic E-state index is 0.0144. The molecule has 5 N–H and O–H groups in total. The molecule has 15 heteroatoms. The highest BCUT2D eigenvalue weighted by Gasteiger charge is 2.44. The largest absolute Gasteiger partial charge is 0.494 e. The van der Waals surface area contributed by atoms with Crippen LogP contribution in [0.5, 0.6) is 5.75 Å². The van der Waals surface area contributed by atoms with E-state index < -0.39 is 70.6 Å².